The molecule has 2 atom stereocenters. The molecule has 1 saturated carbocycles. The normalized spacial score (nSPS) is 37.0. The second kappa shape index (κ2) is 5.00. The van der Waals surface area contributed by atoms with Crippen LogP contribution in [0.1, 0.15) is 69.6 Å². The molecule has 2 aliphatic rings. The summed E-state index contributed by atoms with van der Waals surface area (Å²) >= 11 is 0. The predicted octanol–water partition coefficient (Wildman–Crippen LogP) is 3.03. The van der Waals surface area contributed by atoms with Crippen molar-refractivity contribution in [1.82, 2.24) is 15.5 Å². The summed E-state index contributed by atoms with van der Waals surface area (Å²) in [5.41, 5.74) is 0. The quantitative estimate of drug-likeness (QED) is 0.875. The van der Waals surface area contributed by atoms with Gasteiger partial charge in [-0.25, -0.2) is 0 Å². The lowest BCUT2D eigenvalue weighted by molar-refractivity contribution is 0.305. The van der Waals surface area contributed by atoms with Gasteiger partial charge in [0, 0.05) is 5.92 Å². The lowest BCUT2D eigenvalue weighted by Crippen LogP contribution is -2.17. The van der Waals surface area contributed by atoms with Gasteiger partial charge in [-0.3, -0.25) is 0 Å². The van der Waals surface area contributed by atoms with Crippen molar-refractivity contribution in [1.29, 1.82) is 0 Å². The molecule has 4 nitrogen and oxygen atoms in total. The summed E-state index contributed by atoms with van der Waals surface area (Å²) in [6.45, 7) is 5.64. The van der Waals surface area contributed by atoms with Crippen LogP contribution in [0.5, 0.6) is 0 Å². The van der Waals surface area contributed by atoms with Gasteiger partial charge in [0.2, 0.25) is 5.89 Å². The Hall–Kier alpha value is -0.900. The molecule has 2 heterocycles. The van der Waals surface area contributed by atoms with E-state index in [4.69, 9.17) is 4.52 Å². The molecule has 2 fully saturated rings. The van der Waals surface area contributed by atoms with E-state index in [0.29, 0.717) is 11.8 Å². The van der Waals surface area contributed by atoms with Gasteiger partial charge in [-0.2, -0.15) is 4.98 Å². The molecule has 0 bridgehead atoms. The van der Waals surface area contributed by atoms with Crippen LogP contribution < -0.4 is 5.32 Å². The zero-order valence-electron chi connectivity index (χ0n) is 11.4. The van der Waals surface area contributed by atoms with Crippen molar-refractivity contribution in [3.63, 3.8) is 0 Å². The van der Waals surface area contributed by atoms with E-state index in [-0.39, 0.29) is 6.04 Å². The zero-order chi connectivity index (χ0) is 12.5. The monoisotopic (exact) mass is 249 g/mol. The van der Waals surface area contributed by atoms with Gasteiger partial charge in [0.1, 0.15) is 0 Å². The first kappa shape index (κ1) is 12.2. The van der Waals surface area contributed by atoms with Crippen LogP contribution in [0, 0.1) is 11.8 Å². The first-order chi connectivity index (χ1) is 8.74. The Labute approximate surface area is 109 Å². The van der Waals surface area contributed by atoms with Crippen LogP contribution in [-0.2, 0) is 0 Å². The molecule has 0 amide bonds. The molecule has 1 aliphatic heterocycles. The van der Waals surface area contributed by atoms with E-state index in [0.717, 1.165) is 24.2 Å². The Morgan fingerprint density at radius 2 is 1.89 bits per heavy atom. The Morgan fingerprint density at radius 3 is 2.56 bits per heavy atom. The smallest absolute Gasteiger partial charge is 0.244 e. The molecular formula is C14H23N3O. The lowest BCUT2D eigenvalue weighted by atomic mass is 9.83. The summed E-state index contributed by atoms with van der Waals surface area (Å²) in [6, 6.07) is 0.272. The number of nitrogens with zero attached hydrogens (tertiary/aromatic N) is 2. The topological polar surface area (TPSA) is 51.0 Å². The van der Waals surface area contributed by atoms with Gasteiger partial charge >= 0.3 is 0 Å². The molecule has 4 heteroatoms. The van der Waals surface area contributed by atoms with E-state index in [2.05, 4.69) is 29.3 Å². The summed E-state index contributed by atoms with van der Waals surface area (Å²) in [5.74, 6) is 3.73. The number of hydrogen-bond donors (Lipinski definition) is 1. The Morgan fingerprint density at radius 1 is 1.11 bits per heavy atom. The van der Waals surface area contributed by atoms with Gasteiger partial charge in [-0.1, -0.05) is 31.8 Å². The van der Waals surface area contributed by atoms with Gasteiger partial charge in [0.15, 0.2) is 5.82 Å². The molecule has 2 unspecified atom stereocenters. The highest BCUT2D eigenvalue weighted by molar-refractivity contribution is 5.02. The maximum absolute atomic E-state index is 5.48. The van der Waals surface area contributed by atoms with Crippen molar-refractivity contribution in [2.75, 3.05) is 6.54 Å². The van der Waals surface area contributed by atoms with Crippen LogP contribution in [0.3, 0.4) is 0 Å². The maximum atomic E-state index is 5.48. The number of nitrogens with one attached hydrogen (secondary N) is 1. The zero-order valence-corrected chi connectivity index (χ0v) is 11.4. The fourth-order valence-electron chi connectivity index (χ4n) is 3.22. The first-order valence-corrected chi connectivity index (χ1v) is 7.31. The van der Waals surface area contributed by atoms with Gasteiger partial charge < -0.3 is 9.84 Å². The summed E-state index contributed by atoms with van der Waals surface area (Å²) in [6.07, 6.45) is 6.23. The first-order valence-electron chi connectivity index (χ1n) is 7.31. The predicted molar refractivity (Wildman–Crippen MR) is 69.2 cm³/mol. The third kappa shape index (κ3) is 2.30. The third-order valence-corrected chi connectivity index (χ3v) is 4.64. The highest BCUT2D eigenvalue weighted by atomic mass is 16.5. The second-order valence-electron chi connectivity index (χ2n) is 6.15. The van der Waals surface area contributed by atoms with Crippen molar-refractivity contribution < 1.29 is 4.52 Å². The third-order valence-electron chi connectivity index (χ3n) is 4.64. The molecule has 100 valence electrons. The molecule has 1 aliphatic carbocycles. The summed E-state index contributed by atoms with van der Waals surface area (Å²) in [7, 11) is 0. The average Bonchev–Trinajstić information content (AvgIpc) is 2.98. The van der Waals surface area contributed by atoms with Gasteiger partial charge in [0.25, 0.3) is 0 Å². The van der Waals surface area contributed by atoms with Crippen LogP contribution in [0.4, 0.5) is 0 Å². The number of hydrogen-bond acceptors (Lipinski definition) is 4. The Balaban J connectivity index is 1.69. The van der Waals surface area contributed by atoms with Gasteiger partial charge in [-0.15, -0.1) is 0 Å². The average molecular weight is 249 g/mol. The largest absolute Gasteiger partial charge is 0.338 e. The molecule has 1 aromatic rings. The number of rotatable bonds is 2. The molecule has 1 N–H and O–H groups in total. The van der Waals surface area contributed by atoms with E-state index in [1.54, 1.807) is 0 Å². The fourth-order valence-corrected chi connectivity index (χ4v) is 3.22. The molecule has 0 radical (unpaired) electrons. The minimum Gasteiger partial charge on any atom is -0.338 e. The molecule has 18 heavy (non-hydrogen) atoms. The standard InChI is InChI=1S/C14H23N3O/c1-9-3-5-11(6-4-9)13-16-14(18-17-13)12-10(2)7-8-15-12/h9-12,15H,3-8H2,1-2H3. The van der Waals surface area contributed by atoms with Crippen LogP contribution in [-0.4, -0.2) is 16.7 Å². The summed E-state index contributed by atoms with van der Waals surface area (Å²) in [4.78, 5) is 4.65. The fraction of sp³-hybridized carbons (Fsp3) is 0.857. The Bertz CT molecular complexity index is 395. The highest BCUT2D eigenvalue weighted by Gasteiger charge is 2.31. The van der Waals surface area contributed by atoms with E-state index >= 15 is 0 Å². The van der Waals surface area contributed by atoms with Crippen LogP contribution >= 0.6 is 0 Å². The SMILES string of the molecule is CC1CCC(c2noc(C3NCCC3C)n2)CC1. The Kier molecular flexibility index (Phi) is 3.37. The minimum absolute atomic E-state index is 0.272. The van der Waals surface area contributed by atoms with Crippen molar-refractivity contribution in [2.45, 2.75) is 57.9 Å². The minimum atomic E-state index is 0.272. The van der Waals surface area contributed by atoms with Gasteiger partial charge in [0.05, 0.1) is 6.04 Å². The lowest BCUT2D eigenvalue weighted by Gasteiger charge is -2.23. The van der Waals surface area contributed by atoms with Crippen molar-refractivity contribution >= 4 is 0 Å². The van der Waals surface area contributed by atoms with Gasteiger partial charge in [-0.05, 0) is 37.6 Å². The summed E-state index contributed by atoms with van der Waals surface area (Å²) in [5, 5.41) is 7.67. The molecule has 1 saturated heterocycles. The maximum Gasteiger partial charge on any atom is 0.244 e. The van der Waals surface area contributed by atoms with E-state index in [9.17, 15) is 0 Å². The van der Waals surface area contributed by atoms with E-state index in [1.807, 2.05) is 0 Å². The van der Waals surface area contributed by atoms with Crippen molar-refractivity contribution in [3.8, 4) is 0 Å². The van der Waals surface area contributed by atoms with Crippen LogP contribution in [0.2, 0.25) is 0 Å². The van der Waals surface area contributed by atoms with Crippen molar-refractivity contribution in [2.24, 2.45) is 11.8 Å². The molecule has 0 aromatic carbocycles. The highest BCUT2D eigenvalue weighted by Crippen LogP contribution is 2.35. The van der Waals surface area contributed by atoms with Crippen molar-refractivity contribution in [3.05, 3.63) is 11.7 Å². The van der Waals surface area contributed by atoms with Crippen LogP contribution in [0.15, 0.2) is 4.52 Å². The van der Waals surface area contributed by atoms with E-state index in [1.165, 1.54) is 32.1 Å². The van der Waals surface area contributed by atoms with E-state index < -0.39 is 0 Å². The van der Waals surface area contributed by atoms with Crippen LogP contribution in [0.25, 0.3) is 0 Å². The molecular weight excluding hydrogens is 226 g/mol. The second-order valence-corrected chi connectivity index (χ2v) is 6.15. The molecule has 3 rings (SSSR count). The molecule has 1 aromatic heterocycles. The molecule has 0 spiro atoms. The summed E-state index contributed by atoms with van der Waals surface area (Å²) < 4.78 is 5.48. The number of aromatic nitrogens is 2.